The molecule has 0 fully saturated rings. The highest BCUT2D eigenvalue weighted by Gasteiger charge is 2.09. The molecular weight excluding hydrogens is 158 g/mol. The van der Waals surface area contributed by atoms with Gasteiger partial charge < -0.3 is 5.11 Å². The summed E-state index contributed by atoms with van der Waals surface area (Å²) >= 11 is 0. The molecule has 0 rings (SSSR count). The van der Waals surface area contributed by atoms with Crippen molar-refractivity contribution in [2.24, 2.45) is 11.0 Å². The molecule has 1 atom stereocenters. The van der Waals surface area contributed by atoms with Crippen LogP contribution in [0.2, 0.25) is 0 Å². The van der Waals surface area contributed by atoms with Crippen LogP contribution in [0, 0.1) is 5.92 Å². The van der Waals surface area contributed by atoms with Gasteiger partial charge in [-0.3, -0.25) is 4.79 Å². The number of hydrogen-bond donors (Lipinski definition) is 1. The molecule has 0 heterocycles. The SMILES string of the molecule is CCC(CCN=[N+]=[N-])CC(=O)O. The van der Waals surface area contributed by atoms with Crippen LogP contribution in [0.1, 0.15) is 26.2 Å². The predicted octanol–water partition coefficient (Wildman–Crippen LogP) is 2.19. The Labute approximate surface area is 71.0 Å². The van der Waals surface area contributed by atoms with Crippen LogP contribution in [0.5, 0.6) is 0 Å². The van der Waals surface area contributed by atoms with Crippen molar-refractivity contribution in [3.63, 3.8) is 0 Å². The molecule has 0 spiro atoms. The third kappa shape index (κ3) is 5.56. The number of hydrogen-bond acceptors (Lipinski definition) is 2. The van der Waals surface area contributed by atoms with Crippen LogP contribution in [0.4, 0.5) is 0 Å². The van der Waals surface area contributed by atoms with Gasteiger partial charge >= 0.3 is 5.97 Å². The van der Waals surface area contributed by atoms with Crippen LogP contribution in [0.25, 0.3) is 10.4 Å². The lowest BCUT2D eigenvalue weighted by Crippen LogP contribution is -2.07. The van der Waals surface area contributed by atoms with Crippen LogP contribution >= 0.6 is 0 Å². The molecule has 0 aromatic heterocycles. The fourth-order valence-electron chi connectivity index (χ4n) is 0.983. The average molecular weight is 171 g/mol. The smallest absolute Gasteiger partial charge is 0.303 e. The van der Waals surface area contributed by atoms with Crippen molar-refractivity contribution >= 4 is 5.97 Å². The highest BCUT2D eigenvalue weighted by atomic mass is 16.4. The molecule has 0 aromatic carbocycles. The maximum atomic E-state index is 10.3. The Hall–Kier alpha value is -1.22. The van der Waals surface area contributed by atoms with Gasteiger partial charge in [-0.05, 0) is 17.9 Å². The molecule has 0 saturated carbocycles. The van der Waals surface area contributed by atoms with Gasteiger partial charge in [0.2, 0.25) is 0 Å². The second-order valence-electron chi connectivity index (χ2n) is 2.62. The Morgan fingerprint density at radius 1 is 1.75 bits per heavy atom. The van der Waals surface area contributed by atoms with Gasteiger partial charge in [0.1, 0.15) is 0 Å². The lowest BCUT2D eigenvalue weighted by molar-refractivity contribution is -0.138. The molecule has 5 heteroatoms. The van der Waals surface area contributed by atoms with Crippen molar-refractivity contribution in [2.75, 3.05) is 6.54 Å². The molecule has 68 valence electrons. The van der Waals surface area contributed by atoms with E-state index in [2.05, 4.69) is 10.0 Å². The summed E-state index contributed by atoms with van der Waals surface area (Å²) in [7, 11) is 0. The van der Waals surface area contributed by atoms with E-state index in [1.54, 1.807) is 0 Å². The van der Waals surface area contributed by atoms with E-state index in [4.69, 9.17) is 10.6 Å². The quantitative estimate of drug-likeness (QED) is 0.377. The predicted molar refractivity (Wildman–Crippen MR) is 44.7 cm³/mol. The van der Waals surface area contributed by atoms with E-state index in [0.29, 0.717) is 13.0 Å². The normalized spacial score (nSPS) is 11.8. The summed E-state index contributed by atoms with van der Waals surface area (Å²) in [4.78, 5) is 12.9. The maximum absolute atomic E-state index is 10.3. The molecule has 0 aliphatic carbocycles. The topological polar surface area (TPSA) is 86.1 Å². The highest BCUT2D eigenvalue weighted by Crippen LogP contribution is 2.12. The fraction of sp³-hybridized carbons (Fsp3) is 0.857. The summed E-state index contributed by atoms with van der Waals surface area (Å²) in [5.74, 6) is -0.657. The summed E-state index contributed by atoms with van der Waals surface area (Å²) < 4.78 is 0. The van der Waals surface area contributed by atoms with Gasteiger partial charge in [0, 0.05) is 17.9 Å². The third-order valence-corrected chi connectivity index (χ3v) is 1.74. The number of nitrogens with zero attached hydrogens (tertiary/aromatic N) is 3. The first kappa shape index (κ1) is 10.8. The summed E-state index contributed by atoms with van der Waals surface area (Å²) in [6, 6.07) is 0. The van der Waals surface area contributed by atoms with Crippen molar-refractivity contribution in [3.05, 3.63) is 10.4 Å². The molecule has 0 aromatic rings. The standard InChI is InChI=1S/C7H13N3O2/c1-2-6(5-7(11)12)3-4-9-10-8/h6H,2-5H2,1H3,(H,11,12). The molecule has 1 N–H and O–H groups in total. The van der Waals surface area contributed by atoms with Crippen molar-refractivity contribution in [2.45, 2.75) is 26.2 Å². The van der Waals surface area contributed by atoms with Gasteiger partial charge in [0.25, 0.3) is 0 Å². The van der Waals surface area contributed by atoms with Gasteiger partial charge in [-0.2, -0.15) is 0 Å². The summed E-state index contributed by atoms with van der Waals surface area (Å²) in [5.41, 5.74) is 7.98. The van der Waals surface area contributed by atoms with Crippen molar-refractivity contribution in [3.8, 4) is 0 Å². The van der Waals surface area contributed by atoms with E-state index in [0.717, 1.165) is 6.42 Å². The Balaban J connectivity index is 3.66. The molecule has 0 aliphatic rings. The van der Waals surface area contributed by atoms with Crippen LogP contribution in [0.3, 0.4) is 0 Å². The number of carboxylic acid groups (broad SMARTS) is 1. The second kappa shape index (κ2) is 6.49. The molecule has 12 heavy (non-hydrogen) atoms. The van der Waals surface area contributed by atoms with Gasteiger partial charge in [0.15, 0.2) is 0 Å². The minimum absolute atomic E-state index is 0.132. The zero-order chi connectivity index (χ0) is 9.40. The number of carbonyl (C=O) groups is 1. The monoisotopic (exact) mass is 171 g/mol. The van der Waals surface area contributed by atoms with Crippen LogP contribution in [-0.2, 0) is 4.79 Å². The molecule has 1 unspecified atom stereocenters. The summed E-state index contributed by atoms with van der Waals surface area (Å²) in [6.45, 7) is 2.33. The zero-order valence-electron chi connectivity index (χ0n) is 7.10. The van der Waals surface area contributed by atoms with E-state index in [-0.39, 0.29) is 12.3 Å². The molecular formula is C7H13N3O2. The highest BCUT2D eigenvalue weighted by molar-refractivity contribution is 5.66. The first-order valence-electron chi connectivity index (χ1n) is 3.93. The van der Waals surface area contributed by atoms with Crippen LogP contribution < -0.4 is 0 Å². The van der Waals surface area contributed by atoms with E-state index >= 15 is 0 Å². The Morgan fingerprint density at radius 3 is 2.83 bits per heavy atom. The molecule has 0 saturated heterocycles. The first-order valence-corrected chi connectivity index (χ1v) is 3.93. The van der Waals surface area contributed by atoms with Crippen molar-refractivity contribution in [1.29, 1.82) is 0 Å². The Morgan fingerprint density at radius 2 is 2.42 bits per heavy atom. The van der Waals surface area contributed by atoms with E-state index in [1.807, 2.05) is 6.92 Å². The summed E-state index contributed by atoms with van der Waals surface area (Å²) in [5, 5.41) is 11.8. The zero-order valence-corrected chi connectivity index (χ0v) is 7.10. The minimum Gasteiger partial charge on any atom is -0.481 e. The van der Waals surface area contributed by atoms with E-state index < -0.39 is 5.97 Å². The van der Waals surface area contributed by atoms with Crippen LogP contribution in [-0.4, -0.2) is 17.6 Å². The summed E-state index contributed by atoms with van der Waals surface area (Å²) in [6.07, 6.45) is 1.64. The number of azide groups is 1. The fourth-order valence-corrected chi connectivity index (χ4v) is 0.983. The third-order valence-electron chi connectivity index (χ3n) is 1.74. The van der Waals surface area contributed by atoms with Crippen molar-refractivity contribution < 1.29 is 9.90 Å². The van der Waals surface area contributed by atoms with Gasteiger partial charge in [-0.1, -0.05) is 18.5 Å². The first-order chi connectivity index (χ1) is 5.70. The minimum atomic E-state index is -0.789. The Bertz CT molecular complexity index is 187. The van der Waals surface area contributed by atoms with Crippen LogP contribution in [0.15, 0.2) is 5.11 Å². The van der Waals surface area contributed by atoms with Crippen molar-refractivity contribution in [1.82, 2.24) is 0 Å². The number of carboxylic acids is 1. The Kier molecular flexibility index (Phi) is 5.83. The molecule has 0 radical (unpaired) electrons. The lowest BCUT2D eigenvalue weighted by Gasteiger charge is -2.08. The largest absolute Gasteiger partial charge is 0.481 e. The second-order valence-corrected chi connectivity index (χ2v) is 2.62. The molecule has 0 aliphatic heterocycles. The maximum Gasteiger partial charge on any atom is 0.303 e. The molecule has 5 nitrogen and oxygen atoms in total. The molecule has 0 amide bonds. The average Bonchev–Trinajstić information content (AvgIpc) is 2.02. The van der Waals surface area contributed by atoms with E-state index in [1.165, 1.54) is 0 Å². The number of rotatable bonds is 6. The lowest BCUT2D eigenvalue weighted by atomic mass is 9.99. The van der Waals surface area contributed by atoms with Gasteiger partial charge in [-0.15, -0.1) is 0 Å². The number of aliphatic carboxylic acids is 1. The van der Waals surface area contributed by atoms with E-state index in [9.17, 15) is 4.79 Å². The van der Waals surface area contributed by atoms with Gasteiger partial charge in [0.05, 0.1) is 0 Å². The molecule has 0 bridgehead atoms. The van der Waals surface area contributed by atoms with Gasteiger partial charge in [-0.25, -0.2) is 0 Å².